The normalized spacial score (nSPS) is 20.8. The Morgan fingerprint density at radius 1 is 1.32 bits per heavy atom. The summed E-state index contributed by atoms with van der Waals surface area (Å²) in [7, 11) is 0. The fraction of sp³-hybridized carbons (Fsp3) is 0.545. The molecule has 31 heavy (non-hydrogen) atoms. The minimum Gasteiger partial charge on any atom is -0.383 e. The predicted octanol–water partition coefficient (Wildman–Crippen LogP) is 3.36. The molecule has 1 amide bonds. The van der Waals surface area contributed by atoms with Gasteiger partial charge in [-0.25, -0.2) is 4.98 Å². The van der Waals surface area contributed by atoms with Crippen LogP contribution in [0.25, 0.3) is 11.3 Å². The number of rotatable bonds is 6. The summed E-state index contributed by atoms with van der Waals surface area (Å²) in [4.78, 5) is 16.8. The Bertz CT molecular complexity index is 913. The summed E-state index contributed by atoms with van der Waals surface area (Å²) < 4.78 is 5.48. The Labute approximate surface area is 187 Å². The van der Waals surface area contributed by atoms with Crippen molar-refractivity contribution in [3.63, 3.8) is 0 Å². The summed E-state index contributed by atoms with van der Waals surface area (Å²) in [6.45, 7) is 6.36. The number of aromatic nitrogens is 3. The third-order valence-corrected chi connectivity index (χ3v) is 6.43. The van der Waals surface area contributed by atoms with Crippen molar-refractivity contribution in [1.82, 2.24) is 20.5 Å². The van der Waals surface area contributed by atoms with Gasteiger partial charge in [-0.1, -0.05) is 18.5 Å². The molecule has 3 N–H and O–H groups in total. The van der Waals surface area contributed by atoms with E-state index in [2.05, 4.69) is 38.1 Å². The van der Waals surface area contributed by atoms with E-state index in [9.17, 15) is 4.79 Å². The largest absolute Gasteiger partial charge is 0.383 e. The average molecular weight is 445 g/mol. The first-order chi connectivity index (χ1) is 15.0. The van der Waals surface area contributed by atoms with Crippen molar-refractivity contribution in [2.24, 2.45) is 11.3 Å². The number of carbonyl (C=O) groups excluding carboxylic acids is 1. The maximum absolute atomic E-state index is 12.5. The molecule has 1 atom stereocenters. The van der Waals surface area contributed by atoms with Gasteiger partial charge in [-0.2, -0.15) is 10.2 Å². The van der Waals surface area contributed by atoms with E-state index in [0.717, 1.165) is 57.7 Å². The lowest BCUT2D eigenvalue weighted by Crippen LogP contribution is -2.37. The number of carbonyl (C=O) groups is 1. The molecule has 2 fully saturated rings. The van der Waals surface area contributed by atoms with Crippen molar-refractivity contribution in [2.45, 2.75) is 32.6 Å². The molecular weight excluding hydrogens is 416 g/mol. The van der Waals surface area contributed by atoms with Crippen LogP contribution in [0.4, 0.5) is 11.5 Å². The topological polar surface area (TPSA) is 101 Å². The zero-order valence-electron chi connectivity index (χ0n) is 17.8. The molecule has 0 radical (unpaired) electrons. The lowest BCUT2D eigenvalue weighted by atomic mass is 9.82. The standard InChI is InChI=1S/C22H29ClN6O2/c1-22(4-7-31-8-5-22)14-26-16-9-19(29-27-12-16)17-10-20(25-13-18(17)23)28-21(30)15-3-2-6-24-11-15/h9-10,12-13,15,24H,2-8,11,14H2,1H3,(H,26,29)(H,25,28,30). The van der Waals surface area contributed by atoms with E-state index < -0.39 is 0 Å². The summed E-state index contributed by atoms with van der Waals surface area (Å²) in [5, 5.41) is 18.5. The Balaban J connectivity index is 1.46. The SMILES string of the molecule is CC1(CNc2cnnc(-c3cc(NC(=O)C4CCCNC4)ncc3Cl)c2)CCOCC1. The molecule has 0 spiro atoms. The summed E-state index contributed by atoms with van der Waals surface area (Å²) in [6, 6.07) is 3.68. The first-order valence-corrected chi connectivity index (χ1v) is 11.2. The van der Waals surface area contributed by atoms with E-state index >= 15 is 0 Å². The van der Waals surface area contributed by atoms with Gasteiger partial charge >= 0.3 is 0 Å². The first kappa shape index (κ1) is 21.9. The quantitative estimate of drug-likeness (QED) is 0.627. The molecule has 1 unspecified atom stereocenters. The lowest BCUT2D eigenvalue weighted by Gasteiger charge is -2.33. The number of nitrogens with one attached hydrogen (secondary N) is 3. The molecular formula is C22H29ClN6O2. The minimum atomic E-state index is -0.0476. The first-order valence-electron chi connectivity index (χ1n) is 10.8. The van der Waals surface area contributed by atoms with Crippen molar-refractivity contribution < 1.29 is 9.53 Å². The molecule has 2 aromatic heterocycles. The van der Waals surface area contributed by atoms with Crippen LogP contribution in [0.3, 0.4) is 0 Å². The third kappa shape index (κ3) is 5.70. The number of ether oxygens (including phenoxy) is 1. The fourth-order valence-electron chi connectivity index (χ4n) is 3.96. The number of amides is 1. The van der Waals surface area contributed by atoms with Crippen LogP contribution in [-0.2, 0) is 9.53 Å². The van der Waals surface area contributed by atoms with Crippen molar-refractivity contribution >= 4 is 29.0 Å². The van der Waals surface area contributed by atoms with Crippen molar-refractivity contribution in [3.8, 4) is 11.3 Å². The highest BCUT2D eigenvalue weighted by molar-refractivity contribution is 6.33. The number of nitrogens with zero attached hydrogens (tertiary/aromatic N) is 3. The van der Waals surface area contributed by atoms with Crippen LogP contribution in [0.15, 0.2) is 24.5 Å². The molecule has 2 aromatic rings. The number of hydrogen-bond acceptors (Lipinski definition) is 7. The zero-order valence-corrected chi connectivity index (χ0v) is 18.5. The Hall–Kier alpha value is -2.29. The Morgan fingerprint density at radius 2 is 2.16 bits per heavy atom. The second-order valence-corrected chi connectivity index (χ2v) is 9.10. The van der Waals surface area contributed by atoms with Crippen LogP contribution in [-0.4, -0.2) is 53.9 Å². The predicted molar refractivity (Wildman–Crippen MR) is 121 cm³/mol. The Kier molecular flexibility index (Phi) is 6.99. The van der Waals surface area contributed by atoms with Gasteiger partial charge in [0.2, 0.25) is 5.91 Å². The zero-order chi connectivity index (χ0) is 21.7. The highest BCUT2D eigenvalue weighted by Crippen LogP contribution is 2.32. The number of piperidine rings is 1. The van der Waals surface area contributed by atoms with Crippen molar-refractivity contribution in [3.05, 3.63) is 29.5 Å². The third-order valence-electron chi connectivity index (χ3n) is 6.12. The molecule has 2 aliphatic rings. The van der Waals surface area contributed by atoms with Gasteiger partial charge in [-0.15, -0.1) is 0 Å². The molecule has 0 bridgehead atoms. The monoisotopic (exact) mass is 444 g/mol. The number of halogens is 1. The van der Waals surface area contributed by atoms with Gasteiger partial charge in [-0.3, -0.25) is 4.79 Å². The van der Waals surface area contributed by atoms with E-state index in [1.807, 2.05) is 6.07 Å². The highest BCUT2D eigenvalue weighted by Gasteiger charge is 2.27. The van der Waals surface area contributed by atoms with Crippen LogP contribution < -0.4 is 16.0 Å². The molecule has 0 aromatic carbocycles. The maximum atomic E-state index is 12.5. The van der Waals surface area contributed by atoms with Gasteiger partial charge in [0.25, 0.3) is 0 Å². The summed E-state index contributed by atoms with van der Waals surface area (Å²) >= 11 is 6.40. The molecule has 8 nitrogen and oxygen atoms in total. The maximum Gasteiger partial charge on any atom is 0.229 e. The molecule has 166 valence electrons. The minimum absolute atomic E-state index is 0.0285. The van der Waals surface area contributed by atoms with Gasteiger partial charge in [0.05, 0.1) is 28.5 Å². The van der Waals surface area contributed by atoms with Gasteiger partial charge in [-0.05, 0) is 49.8 Å². The smallest absolute Gasteiger partial charge is 0.229 e. The van der Waals surface area contributed by atoms with Crippen molar-refractivity contribution in [2.75, 3.05) is 43.5 Å². The molecule has 2 saturated heterocycles. The molecule has 9 heteroatoms. The fourth-order valence-corrected chi connectivity index (χ4v) is 4.16. The van der Waals surface area contributed by atoms with Crippen molar-refractivity contribution in [1.29, 1.82) is 0 Å². The number of hydrogen-bond donors (Lipinski definition) is 3. The molecule has 0 aliphatic carbocycles. The van der Waals surface area contributed by atoms with Crippen LogP contribution in [0, 0.1) is 11.3 Å². The van der Waals surface area contributed by atoms with Gasteiger partial charge in [0, 0.05) is 38.1 Å². The molecule has 4 heterocycles. The lowest BCUT2D eigenvalue weighted by molar-refractivity contribution is -0.120. The highest BCUT2D eigenvalue weighted by atomic mass is 35.5. The molecule has 4 rings (SSSR count). The number of anilines is 2. The second kappa shape index (κ2) is 9.89. The number of pyridine rings is 1. The van der Waals surface area contributed by atoms with Gasteiger partial charge in [0.1, 0.15) is 5.82 Å². The molecule has 0 saturated carbocycles. The van der Waals surface area contributed by atoms with E-state index in [0.29, 0.717) is 28.6 Å². The molecule has 2 aliphatic heterocycles. The van der Waals surface area contributed by atoms with Crippen LogP contribution in [0.1, 0.15) is 32.6 Å². The summed E-state index contributed by atoms with van der Waals surface area (Å²) in [5.41, 5.74) is 2.39. The van der Waals surface area contributed by atoms with Crippen LogP contribution >= 0.6 is 11.6 Å². The van der Waals surface area contributed by atoms with Crippen LogP contribution in [0.2, 0.25) is 5.02 Å². The van der Waals surface area contributed by atoms with Crippen LogP contribution in [0.5, 0.6) is 0 Å². The summed E-state index contributed by atoms with van der Waals surface area (Å²) in [6.07, 6.45) is 7.18. The van der Waals surface area contributed by atoms with E-state index in [-0.39, 0.29) is 17.2 Å². The van der Waals surface area contributed by atoms with Gasteiger partial charge in [0.15, 0.2) is 0 Å². The van der Waals surface area contributed by atoms with E-state index in [1.54, 1.807) is 12.3 Å². The average Bonchev–Trinajstić information content (AvgIpc) is 2.80. The summed E-state index contributed by atoms with van der Waals surface area (Å²) in [5.74, 6) is 0.387. The van der Waals surface area contributed by atoms with E-state index in [1.165, 1.54) is 6.20 Å². The van der Waals surface area contributed by atoms with Gasteiger partial charge < -0.3 is 20.7 Å². The van der Waals surface area contributed by atoms with E-state index in [4.69, 9.17) is 16.3 Å². The Morgan fingerprint density at radius 3 is 2.94 bits per heavy atom. The second-order valence-electron chi connectivity index (χ2n) is 8.69.